The van der Waals surface area contributed by atoms with Crippen LogP contribution in [-0.2, 0) is 0 Å². The van der Waals surface area contributed by atoms with Gasteiger partial charge in [-0.05, 0) is 29.8 Å². The van der Waals surface area contributed by atoms with Crippen molar-refractivity contribution in [3.8, 4) is 0 Å². The summed E-state index contributed by atoms with van der Waals surface area (Å²) in [5.41, 5.74) is 1.42. The molecule has 0 aliphatic rings. The van der Waals surface area contributed by atoms with Crippen molar-refractivity contribution < 1.29 is 14.8 Å². The summed E-state index contributed by atoms with van der Waals surface area (Å²) in [5.74, 6) is -0.524. The van der Waals surface area contributed by atoms with E-state index in [1.165, 1.54) is 12.1 Å². The lowest BCUT2D eigenvalue weighted by Crippen LogP contribution is -2.28. The molecule has 0 spiro atoms. The fourth-order valence-corrected chi connectivity index (χ4v) is 2.38. The molecular weight excluding hydrogens is 346 g/mol. The molecule has 25 heavy (non-hydrogen) atoms. The molecule has 0 fully saturated rings. The van der Waals surface area contributed by atoms with Crippen LogP contribution >= 0.6 is 11.6 Å². The molecule has 1 unspecified atom stereocenters. The number of rotatable bonds is 6. The quantitative estimate of drug-likeness (QED) is 0.607. The smallest absolute Gasteiger partial charge is 0.288 e. The normalized spacial score (nSPS) is 11.7. The first-order valence-corrected chi connectivity index (χ1v) is 7.85. The molecular formula is C17H18ClN3O4. The SMILES string of the molecule is CN(C)c1ccc(C(O)CNC(=O)c2ccc(Cl)c([N+](=O)[O-])c2)cc1. The number of nitrogens with one attached hydrogen (secondary N) is 1. The van der Waals surface area contributed by atoms with Crippen LogP contribution in [0.2, 0.25) is 5.02 Å². The number of halogens is 1. The Morgan fingerprint density at radius 3 is 2.48 bits per heavy atom. The Kier molecular flexibility index (Phi) is 5.95. The first-order valence-electron chi connectivity index (χ1n) is 7.47. The van der Waals surface area contributed by atoms with Gasteiger partial charge in [0.15, 0.2) is 0 Å². The van der Waals surface area contributed by atoms with Gasteiger partial charge in [-0.15, -0.1) is 0 Å². The van der Waals surface area contributed by atoms with Gasteiger partial charge in [-0.3, -0.25) is 14.9 Å². The molecule has 2 rings (SSSR count). The molecule has 0 bridgehead atoms. The average Bonchev–Trinajstić information content (AvgIpc) is 2.59. The number of aliphatic hydroxyl groups is 1. The minimum atomic E-state index is -0.887. The van der Waals surface area contributed by atoms with Gasteiger partial charge < -0.3 is 15.3 Å². The van der Waals surface area contributed by atoms with Crippen LogP contribution in [0.15, 0.2) is 42.5 Å². The zero-order valence-corrected chi connectivity index (χ0v) is 14.5. The number of benzene rings is 2. The summed E-state index contributed by atoms with van der Waals surface area (Å²) in [6.07, 6.45) is -0.887. The van der Waals surface area contributed by atoms with Crippen LogP contribution in [0.1, 0.15) is 22.0 Å². The molecule has 7 nitrogen and oxygen atoms in total. The standard InChI is InChI=1S/C17H18ClN3O4/c1-20(2)13-6-3-11(4-7-13)16(22)10-19-17(23)12-5-8-14(18)15(9-12)21(24)25/h3-9,16,22H,10H2,1-2H3,(H,19,23). The van der Waals surface area contributed by atoms with Crippen molar-refractivity contribution >= 4 is 28.9 Å². The number of nitro groups is 1. The zero-order chi connectivity index (χ0) is 18.6. The summed E-state index contributed by atoms with van der Waals surface area (Å²) >= 11 is 5.72. The highest BCUT2D eigenvalue weighted by atomic mass is 35.5. The second-order valence-electron chi connectivity index (χ2n) is 5.64. The predicted molar refractivity (Wildman–Crippen MR) is 96.2 cm³/mol. The summed E-state index contributed by atoms with van der Waals surface area (Å²) in [7, 11) is 3.83. The molecule has 0 heterocycles. The van der Waals surface area contributed by atoms with Gasteiger partial charge >= 0.3 is 0 Å². The first kappa shape index (κ1) is 18.7. The van der Waals surface area contributed by atoms with Crippen LogP contribution in [0.5, 0.6) is 0 Å². The zero-order valence-electron chi connectivity index (χ0n) is 13.8. The Labute approximate surface area is 150 Å². The maximum atomic E-state index is 12.1. The van der Waals surface area contributed by atoms with Crippen molar-refractivity contribution in [1.29, 1.82) is 0 Å². The topological polar surface area (TPSA) is 95.7 Å². The number of nitro benzene ring substituents is 1. The van der Waals surface area contributed by atoms with Gasteiger partial charge in [0.2, 0.25) is 0 Å². The number of carbonyl (C=O) groups is 1. The molecule has 1 amide bonds. The van der Waals surface area contributed by atoms with Crippen LogP contribution in [0.3, 0.4) is 0 Å². The van der Waals surface area contributed by atoms with E-state index in [9.17, 15) is 20.0 Å². The van der Waals surface area contributed by atoms with Gasteiger partial charge in [0.1, 0.15) is 5.02 Å². The summed E-state index contributed by atoms with van der Waals surface area (Å²) in [5, 5.41) is 23.6. The van der Waals surface area contributed by atoms with Gasteiger partial charge in [-0.25, -0.2) is 0 Å². The third-order valence-corrected chi connectivity index (χ3v) is 3.97. The summed E-state index contributed by atoms with van der Waals surface area (Å²) < 4.78 is 0. The molecule has 0 radical (unpaired) electrons. The number of anilines is 1. The molecule has 2 aromatic rings. The molecule has 0 saturated carbocycles. The number of carbonyl (C=O) groups excluding carboxylic acids is 1. The van der Waals surface area contributed by atoms with Crippen molar-refractivity contribution in [3.05, 3.63) is 68.7 Å². The molecule has 1 atom stereocenters. The van der Waals surface area contributed by atoms with E-state index in [2.05, 4.69) is 5.32 Å². The maximum Gasteiger partial charge on any atom is 0.288 e. The van der Waals surface area contributed by atoms with E-state index in [0.29, 0.717) is 5.56 Å². The van der Waals surface area contributed by atoms with E-state index in [0.717, 1.165) is 11.8 Å². The second-order valence-corrected chi connectivity index (χ2v) is 6.04. The molecule has 0 aliphatic carbocycles. The van der Waals surface area contributed by atoms with Crippen molar-refractivity contribution in [3.63, 3.8) is 0 Å². The van der Waals surface area contributed by atoms with E-state index in [-0.39, 0.29) is 22.8 Å². The van der Waals surface area contributed by atoms with E-state index < -0.39 is 16.9 Å². The number of nitrogens with zero attached hydrogens (tertiary/aromatic N) is 2. The highest BCUT2D eigenvalue weighted by molar-refractivity contribution is 6.32. The van der Waals surface area contributed by atoms with Crippen LogP contribution < -0.4 is 10.2 Å². The fraction of sp³-hybridized carbons (Fsp3) is 0.235. The van der Waals surface area contributed by atoms with Crippen molar-refractivity contribution in [1.82, 2.24) is 5.32 Å². The molecule has 132 valence electrons. The maximum absolute atomic E-state index is 12.1. The first-order chi connectivity index (χ1) is 11.8. The Balaban J connectivity index is 2.01. The van der Waals surface area contributed by atoms with E-state index in [4.69, 9.17) is 11.6 Å². The summed E-state index contributed by atoms with van der Waals surface area (Å²) in [4.78, 5) is 24.3. The number of amides is 1. The van der Waals surface area contributed by atoms with Crippen LogP contribution in [0.4, 0.5) is 11.4 Å². The average molecular weight is 364 g/mol. The molecule has 0 aromatic heterocycles. The molecule has 2 aromatic carbocycles. The number of aliphatic hydroxyl groups excluding tert-OH is 1. The van der Waals surface area contributed by atoms with Crippen LogP contribution in [-0.4, -0.2) is 36.6 Å². The van der Waals surface area contributed by atoms with E-state index in [1.54, 1.807) is 12.1 Å². The Morgan fingerprint density at radius 1 is 1.28 bits per heavy atom. The van der Waals surface area contributed by atoms with Crippen LogP contribution in [0, 0.1) is 10.1 Å². The molecule has 8 heteroatoms. The van der Waals surface area contributed by atoms with Gasteiger partial charge in [-0.2, -0.15) is 0 Å². The predicted octanol–water partition coefficient (Wildman–Crippen LogP) is 2.78. The highest BCUT2D eigenvalue weighted by Gasteiger charge is 2.17. The Morgan fingerprint density at radius 2 is 1.92 bits per heavy atom. The largest absolute Gasteiger partial charge is 0.387 e. The molecule has 2 N–H and O–H groups in total. The number of hydrogen-bond acceptors (Lipinski definition) is 5. The summed E-state index contributed by atoms with van der Waals surface area (Å²) in [6, 6.07) is 11.1. The fourth-order valence-electron chi connectivity index (χ4n) is 2.20. The monoisotopic (exact) mass is 363 g/mol. The second kappa shape index (κ2) is 7.96. The third kappa shape index (κ3) is 4.68. The van der Waals surface area contributed by atoms with Crippen molar-refractivity contribution in [2.24, 2.45) is 0 Å². The summed E-state index contributed by atoms with van der Waals surface area (Å²) in [6.45, 7) is -0.0173. The lowest BCUT2D eigenvalue weighted by molar-refractivity contribution is -0.384. The lowest BCUT2D eigenvalue weighted by Gasteiger charge is -2.15. The molecule has 0 aliphatic heterocycles. The van der Waals surface area contributed by atoms with Gasteiger partial charge in [0.25, 0.3) is 11.6 Å². The van der Waals surface area contributed by atoms with Crippen LogP contribution in [0.25, 0.3) is 0 Å². The minimum absolute atomic E-state index is 0.0173. The third-order valence-electron chi connectivity index (χ3n) is 3.66. The molecule has 0 saturated heterocycles. The van der Waals surface area contributed by atoms with Gasteiger partial charge in [0, 0.05) is 38.0 Å². The van der Waals surface area contributed by atoms with Crippen molar-refractivity contribution in [2.75, 3.05) is 25.5 Å². The van der Waals surface area contributed by atoms with Gasteiger partial charge in [-0.1, -0.05) is 23.7 Å². The van der Waals surface area contributed by atoms with E-state index >= 15 is 0 Å². The Bertz CT molecular complexity index is 778. The van der Waals surface area contributed by atoms with E-state index in [1.807, 2.05) is 31.1 Å². The van der Waals surface area contributed by atoms with Crippen molar-refractivity contribution in [2.45, 2.75) is 6.10 Å². The van der Waals surface area contributed by atoms with Gasteiger partial charge in [0.05, 0.1) is 11.0 Å². The lowest BCUT2D eigenvalue weighted by atomic mass is 10.1. The Hall–Kier alpha value is -2.64. The minimum Gasteiger partial charge on any atom is -0.387 e. The number of hydrogen-bond donors (Lipinski definition) is 2. The highest BCUT2D eigenvalue weighted by Crippen LogP contribution is 2.25.